The third kappa shape index (κ3) is 5.00. The SMILES string of the molecule is COc1ccc(OCCNC(=O)C2CC(=O)N(Cc3ccccc3F)C2)cc1. The van der Waals surface area contributed by atoms with E-state index in [1.54, 1.807) is 49.6 Å². The summed E-state index contributed by atoms with van der Waals surface area (Å²) in [5, 5.41) is 2.79. The van der Waals surface area contributed by atoms with Crippen molar-refractivity contribution in [2.45, 2.75) is 13.0 Å². The van der Waals surface area contributed by atoms with E-state index in [-0.39, 0.29) is 30.6 Å². The molecular weight excluding hydrogens is 363 g/mol. The Labute approximate surface area is 163 Å². The molecule has 7 heteroatoms. The highest BCUT2D eigenvalue weighted by Crippen LogP contribution is 2.21. The molecule has 3 rings (SSSR count). The number of methoxy groups -OCH3 is 1. The largest absolute Gasteiger partial charge is 0.497 e. The van der Waals surface area contributed by atoms with Gasteiger partial charge >= 0.3 is 0 Å². The van der Waals surface area contributed by atoms with Crippen molar-refractivity contribution in [3.63, 3.8) is 0 Å². The van der Waals surface area contributed by atoms with Crippen LogP contribution in [0, 0.1) is 11.7 Å². The molecule has 0 saturated carbocycles. The highest BCUT2D eigenvalue weighted by atomic mass is 19.1. The standard InChI is InChI=1S/C21H23FN2O4/c1-27-17-6-8-18(9-7-17)28-11-10-23-21(26)16-12-20(25)24(14-16)13-15-4-2-3-5-19(15)22/h2-9,16H,10-14H2,1H3,(H,23,26). The lowest BCUT2D eigenvalue weighted by Gasteiger charge is -2.17. The van der Waals surface area contributed by atoms with Crippen LogP contribution in [0.25, 0.3) is 0 Å². The molecular formula is C21H23FN2O4. The number of hydrogen-bond donors (Lipinski definition) is 1. The first-order valence-electron chi connectivity index (χ1n) is 9.12. The van der Waals surface area contributed by atoms with Gasteiger partial charge in [0.05, 0.1) is 19.6 Å². The first-order chi connectivity index (χ1) is 13.6. The zero-order valence-corrected chi connectivity index (χ0v) is 15.7. The minimum Gasteiger partial charge on any atom is -0.497 e. The number of benzene rings is 2. The summed E-state index contributed by atoms with van der Waals surface area (Å²) in [5.41, 5.74) is 0.449. The molecule has 0 spiro atoms. The van der Waals surface area contributed by atoms with E-state index in [1.165, 1.54) is 11.0 Å². The normalized spacial score (nSPS) is 16.1. The molecule has 1 atom stereocenters. The number of carbonyl (C=O) groups excluding carboxylic acids is 2. The van der Waals surface area contributed by atoms with Crippen LogP contribution in [0.4, 0.5) is 4.39 Å². The van der Waals surface area contributed by atoms with Gasteiger partial charge in [0, 0.05) is 25.1 Å². The second-order valence-electron chi connectivity index (χ2n) is 6.58. The predicted molar refractivity (Wildman–Crippen MR) is 101 cm³/mol. The molecule has 1 unspecified atom stereocenters. The number of nitrogens with zero attached hydrogens (tertiary/aromatic N) is 1. The van der Waals surface area contributed by atoms with E-state index in [1.807, 2.05) is 0 Å². The Morgan fingerprint density at radius 1 is 1.18 bits per heavy atom. The summed E-state index contributed by atoms with van der Waals surface area (Å²) in [6.07, 6.45) is 0.139. The fourth-order valence-corrected chi connectivity index (χ4v) is 3.09. The van der Waals surface area contributed by atoms with Gasteiger partial charge in [-0.2, -0.15) is 0 Å². The Balaban J connectivity index is 1.42. The second-order valence-corrected chi connectivity index (χ2v) is 6.58. The van der Waals surface area contributed by atoms with E-state index in [4.69, 9.17) is 9.47 Å². The van der Waals surface area contributed by atoms with Gasteiger partial charge in [-0.25, -0.2) is 4.39 Å². The van der Waals surface area contributed by atoms with Crippen molar-refractivity contribution in [1.29, 1.82) is 0 Å². The third-order valence-electron chi connectivity index (χ3n) is 4.63. The molecule has 0 radical (unpaired) electrons. The average molecular weight is 386 g/mol. The van der Waals surface area contributed by atoms with Crippen LogP contribution in [-0.2, 0) is 16.1 Å². The summed E-state index contributed by atoms with van der Waals surface area (Å²) in [6, 6.07) is 13.5. The summed E-state index contributed by atoms with van der Waals surface area (Å²) in [7, 11) is 1.59. The molecule has 1 fully saturated rings. The first-order valence-corrected chi connectivity index (χ1v) is 9.12. The quantitative estimate of drug-likeness (QED) is 0.708. The van der Waals surface area contributed by atoms with Crippen LogP contribution < -0.4 is 14.8 Å². The molecule has 1 aliphatic heterocycles. The third-order valence-corrected chi connectivity index (χ3v) is 4.63. The number of halogens is 1. The summed E-state index contributed by atoms with van der Waals surface area (Å²) >= 11 is 0. The molecule has 2 amide bonds. The molecule has 1 heterocycles. The first kappa shape index (κ1) is 19.7. The molecule has 0 aliphatic carbocycles. The number of hydrogen-bond acceptors (Lipinski definition) is 4. The number of likely N-dealkylation sites (tertiary alicyclic amines) is 1. The monoisotopic (exact) mass is 386 g/mol. The maximum atomic E-state index is 13.8. The maximum Gasteiger partial charge on any atom is 0.225 e. The van der Waals surface area contributed by atoms with E-state index in [2.05, 4.69) is 5.32 Å². The van der Waals surface area contributed by atoms with Crippen LogP contribution >= 0.6 is 0 Å². The highest BCUT2D eigenvalue weighted by Gasteiger charge is 2.34. The predicted octanol–water partition coefficient (Wildman–Crippen LogP) is 2.38. The lowest BCUT2D eigenvalue weighted by Crippen LogP contribution is -2.35. The van der Waals surface area contributed by atoms with Crippen LogP contribution in [-0.4, -0.2) is 43.5 Å². The fraction of sp³-hybridized carbons (Fsp3) is 0.333. The van der Waals surface area contributed by atoms with E-state index in [0.29, 0.717) is 31.0 Å². The van der Waals surface area contributed by atoms with E-state index < -0.39 is 5.92 Å². The summed E-state index contributed by atoms with van der Waals surface area (Å²) < 4.78 is 24.4. The topological polar surface area (TPSA) is 67.9 Å². The smallest absolute Gasteiger partial charge is 0.225 e. The molecule has 1 aliphatic rings. The molecule has 6 nitrogen and oxygen atoms in total. The van der Waals surface area contributed by atoms with Crippen LogP contribution in [0.1, 0.15) is 12.0 Å². The van der Waals surface area contributed by atoms with E-state index >= 15 is 0 Å². The van der Waals surface area contributed by atoms with Gasteiger partial charge in [0.2, 0.25) is 11.8 Å². The van der Waals surface area contributed by atoms with Gasteiger partial charge in [0.1, 0.15) is 23.9 Å². The zero-order valence-electron chi connectivity index (χ0n) is 15.7. The van der Waals surface area contributed by atoms with Gasteiger partial charge in [-0.05, 0) is 30.3 Å². The van der Waals surface area contributed by atoms with Crippen molar-refractivity contribution in [3.05, 3.63) is 59.9 Å². The van der Waals surface area contributed by atoms with Crippen LogP contribution in [0.15, 0.2) is 48.5 Å². The van der Waals surface area contributed by atoms with Crippen molar-refractivity contribution < 1.29 is 23.5 Å². The lowest BCUT2D eigenvalue weighted by atomic mass is 10.1. The summed E-state index contributed by atoms with van der Waals surface area (Å²) in [4.78, 5) is 26.0. The van der Waals surface area contributed by atoms with Crippen molar-refractivity contribution in [2.75, 3.05) is 26.8 Å². The van der Waals surface area contributed by atoms with Crippen LogP contribution in [0.5, 0.6) is 11.5 Å². The maximum absolute atomic E-state index is 13.8. The Hall–Kier alpha value is -3.09. The zero-order chi connectivity index (χ0) is 19.9. The fourth-order valence-electron chi connectivity index (χ4n) is 3.09. The van der Waals surface area contributed by atoms with Gasteiger partial charge < -0.3 is 19.7 Å². The highest BCUT2D eigenvalue weighted by molar-refractivity contribution is 5.89. The second kappa shape index (κ2) is 9.21. The number of amides is 2. The van der Waals surface area contributed by atoms with Gasteiger partial charge in [-0.1, -0.05) is 18.2 Å². The molecule has 28 heavy (non-hydrogen) atoms. The molecule has 148 valence electrons. The minimum atomic E-state index is -0.430. The molecule has 0 aromatic heterocycles. The Morgan fingerprint density at radius 3 is 2.61 bits per heavy atom. The number of rotatable bonds is 8. The van der Waals surface area contributed by atoms with E-state index in [9.17, 15) is 14.0 Å². The minimum absolute atomic E-state index is 0.139. The van der Waals surface area contributed by atoms with Crippen molar-refractivity contribution >= 4 is 11.8 Å². The van der Waals surface area contributed by atoms with Crippen LogP contribution in [0.2, 0.25) is 0 Å². The number of ether oxygens (including phenoxy) is 2. The van der Waals surface area contributed by atoms with Crippen molar-refractivity contribution in [1.82, 2.24) is 10.2 Å². The molecule has 1 N–H and O–H groups in total. The Bertz CT molecular complexity index is 825. The van der Waals surface area contributed by atoms with Gasteiger partial charge in [-0.3, -0.25) is 9.59 Å². The van der Waals surface area contributed by atoms with Gasteiger partial charge in [-0.15, -0.1) is 0 Å². The average Bonchev–Trinajstić information content (AvgIpc) is 3.08. The van der Waals surface area contributed by atoms with Crippen molar-refractivity contribution in [2.24, 2.45) is 5.92 Å². The Kier molecular flexibility index (Phi) is 6.47. The van der Waals surface area contributed by atoms with Crippen LogP contribution in [0.3, 0.4) is 0 Å². The number of carbonyl (C=O) groups is 2. The lowest BCUT2D eigenvalue weighted by molar-refractivity contribution is -0.129. The Morgan fingerprint density at radius 2 is 1.89 bits per heavy atom. The summed E-state index contributed by atoms with van der Waals surface area (Å²) in [5.74, 6) is 0.313. The molecule has 2 aromatic rings. The van der Waals surface area contributed by atoms with E-state index in [0.717, 1.165) is 5.75 Å². The number of nitrogens with one attached hydrogen (secondary N) is 1. The molecule has 0 bridgehead atoms. The summed E-state index contributed by atoms with van der Waals surface area (Å²) in [6.45, 7) is 1.12. The molecule has 2 aromatic carbocycles. The molecule has 1 saturated heterocycles. The van der Waals surface area contributed by atoms with Gasteiger partial charge in [0.15, 0.2) is 0 Å². The van der Waals surface area contributed by atoms with Gasteiger partial charge in [0.25, 0.3) is 0 Å². The van der Waals surface area contributed by atoms with Crippen molar-refractivity contribution in [3.8, 4) is 11.5 Å².